The van der Waals surface area contributed by atoms with E-state index in [1.165, 1.54) is 23.8 Å². The number of nitrogens with one attached hydrogen (secondary N) is 1. The summed E-state index contributed by atoms with van der Waals surface area (Å²) in [7, 11) is 0. The molecule has 0 bridgehead atoms. The highest BCUT2D eigenvalue weighted by Gasteiger charge is 2.31. The molecule has 4 aromatic heterocycles. The van der Waals surface area contributed by atoms with Crippen molar-refractivity contribution in [3.05, 3.63) is 34.9 Å². The Hall–Kier alpha value is -2.99. The third kappa shape index (κ3) is 4.76. The minimum atomic E-state index is -2.49. The summed E-state index contributed by atoms with van der Waals surface area (Å²) in [4.78, 5) is 15.2. The van der Waals surface area contributed by atoms with Crippen molar-refractivity contribution in [2.75, 3.05) is 18.8 Å². The van der Waals surface area contributed by atoms with E-state index in [1.54, 1.807) is 29.8 Å². The van der Waals surface area contributed by atoms with Crippen LogP contribution in [0.1, 0.15) is 31.5 Å². The molecule has 5 heterocycles. The first-order valence-corrected chi connectivity index (χ1v) is 12.1. The number of imidazole rings is 1. The van der Waals surface area contributed by atoms with Crippen LogP contribution in [0.4, 0.5) is 19.1 Å². The van der Waals surface area contributed by atoms with E-state index in [0.717, 1.165) is 24.6 Å². The molecule has 1 saturated heterocycles. The quantitative estimate of drug-likeness (QED) is 0.397. The predicted molar refractivity (Wildman–Crippen MR) is 131 cm³/mol. The van der Waals surface area contributed by atoms with E-state index < -0.39 is 19.1 Å². The molecule has 8 nitrogen and oxygen atoms in total. The Morgan fingerprint density at radius 2 is 1.97 bits per heavy atom. The van der Waals surface area contributed by atoms with Gasteiger partial charge in [0.2, 0.25) is 5.95 Å². The number of aromatic amines is 1. The molecule has 2 aliphatic rings. The van der Waals surface area contributed by atoms with Gasteiger partial charge in [-0.3, -0.25) is 14.5 Å². The summed E-state index contributed by atoms with van der Waals surface area (Å²) >= 11 is 5.29. The number of likely N-dealkylation sites (tertiary alicyclic amines) is 1. The minimum absolute atomic E-state index is 0.202. The standard InChI is InChI=1S/C15H13F2N7S.C8H14FN/c1-7-19-10-3-2-9(20-13(10)23(7)6-11(16)17)8-4-5-24-12(8)14(25)21-15(18)22-24;9-7-4-5-10(6-7)8-2-1-3-8/h2-5,11H,6H2,1H3,(H3,18,21,22,25);7-8H,1-6H2/t;7-/m.1/s1. The Morgan fingerprint density at radius 1 is 1.17 bits per heavy atom. The molecule has 4 aromatic rings. The number of halogens is 3. The average Bonchev–Trinajstić information content (AvgIpc) is 3.45. The number of H-pyrrole nitrogens is 1. The van der Waals surface area contributed by atoms with Crippen LogP contribution in [0.3, 0.4) is 0 Å². The van der Waals surface area contributed by atoms with E-state index in [1.807, 2.05) is 6.07 Å². The molecule has 0 radical (unpaired) electrons. The first-order valence-electron chi connectivity index (χ1n) is 11.7. The maximum Gasteiger partial charge on any atom is 0.256 e. The summed E-state index contributed by atoms with van der Waals surface area (Å²) in [5.41, 5.74) is 8.62. The molecule has 0 amide bonds. The number of pyridine rings is 1. The number of rotatable bonds is 4. The number of nitrogen functional groups attached to an aromatic ring is 1. The Bertz CT molecular complexity index is 1410. The van der Waals surface area contributed by atoms with Crippen LogP contribution in [0.5, 0.6) is 0 Å². The van der Waals surface area contributed by atoms with Gasteiger partial charge in [-0.05, 0) is 44.4 Å². The van der Waals surface area contributed by atoms with Gasteiger partial charge in [0.05, 0.1) is 12.2 Å². The molecule has 12 heteroatoms. The van der Waals surface area contributed by atoms with Gasteiger partial charge in [0.15, 0.2) is 10.3 Å². The lowest BCUT2D eigenvalue weighted by Crippen LogP contribution is -2.38. The summed E-state index contributed by atoms with van der Waals surface area (Å²) in [5.74, 6) is 0.696. The van der Waals surface area contributed by atoms with Gasteiger partial charge in [-0.15, -0.1) is 0 Å². The van der Waals surface area contributed by atoms with Crippen molar-refractivity contribution in [2.45, 2.75) is 57.8 Å². The number of aromatic nitrogens is 6. The second kappa shape index (κ2) is 9.57. The smallest absolute Gasteiger partial charge is 0.256 e. The fraction of sp³-hybridized carbons (Fsp3) is 0.478. The summed E-state index contributed by atoms with van der Waals surface area (Å²) in [6.45, 7) is 2.95. The van der Waals surface area contributed by atoms with Gasteiger partial charge in [0.25, 0.3) is 6.43 Å². The zero-order chi connectivity index (χ0) is 24.7. The number of aryl methyl sites for hydroxylation is 1. The molecular formula is C23H27F3N8S. The number of hydrogen-bond acceptors (Lipinski definition) is 6. The Balaban J connectivity index is 0.000000211. The molecule has 0 unspecified atom stereocenters. The van der Waals surface area contributed by atoms with E-state index in [2.05, 4.69) is 25.0 Å². The van der Waals surface area contributed by atoms with E-state index in [0.29, 0.717) is 39.4 Å². The zero-order valence-corrected chi connectivity index (χ0v) is 20.1. The number of alkyl halides is 3. The third-order valence-electron chi connectivity index (χ3n) is 6.68. The van der Waals surface area contributed by atoms with Gasteiger partial charge in [0.1, 0.15) is 23.0 Å². The number of anilines is 1. The summed E-state index contributed by atoms with van der Waals surface area (Å²) < 4.78 is 41.8. The lowest BCUT2D eigenvalue weighted by molar-refractivity contribution is 0.127. The maximum absolute atomic E-state index is 12.9. The van der Waals surface area contributed by atoms with Crippen LogP contribution >= 0.6 is 12.2 Å². The monoisotopic (exact) mass is 504 g/mol. The molecule has 1 atom stereocenters. The Morgan fingerprint density at radius 3 is 2.63 bits per heavy atom. The lowest BCUT2D eigenvalue weighted by atomic mass is 9.92. The van der Waals surface area contributed by atoms with Crippen LogP contribution in [0.25, 0.3) is 27.9 Å². The lowest BCUT2D eigenvalue weighted by Gasteiger charge is -2.34. The molecule has 0 aromatic carbocycles. The fourth-order valence-electron chi connectivity index (χ4n) is 4.71. The van der Waals surface area contributed by atoms with Gasteiger partial charge in [-0.1, -0.05) is 18.6 Å². The van der Waals surface area contributed by atoms with Crippen LogP contribution in [0.15, 0.2) is 24.4 Å². The Labute approximate surface area is 205 Å². The summed E-state index contributed by atoms with van der Waals surface area (Å²) in [6, 6.07) is 6.11. The van der Waals surface area contributed by atoms with Crippen molar-refractivity contribution < 1.29 is 13.2 Å². The zero-order valence-electron chi connectivity index (χ0n) is 19.3. The van der Waals surface area contributed by atoms with Crippen molar-refractivity contribution in [2.24, 2.45) is 0 Å². The molecule has 1 saturated carbocycles. The van der Waals surface area contributed by atoms with E-state index >= 15 is 0 Å². The molecular weight excluding hydrogens is 477 g/mol. The van der Waals surface area contributed by atoms with Crippen LogP contribution in [-0.2, 0) is 6.54 Å². The van der Waals surface area contributed by atoms with Crippen molar-refractivity contribution in [1.82, 2.24) is 34.0 Å². The molecule has 1 aliphatic heterocycles. The van der Waals surface area contributed by atoms with E-state index in [4.69, 9.17) is 18.0 Å². The van der Waals surface area contributed by atoms with Crippen LogP contribution in [0.2, 0.25) is 0 Å². The van der Waals surface area contributed by atoms with Gasteiger partial charge < -0.3 is 10.3 Å². The highest BCUT2D eigenvalue weighted by Crippen LogP contribution is 2.29. The number of fused-ring (bicyclic) bond motifs is 2. The van der Waals surface area contributed by atoms with Gasteiger partial charge in [-0.25, -0.2) is 28.1 Å². The molecule has 2 fully saturated rings. The molecule has 3 N–H and O–H groups in total. The number of hydrogen-bond donors (Lipinski definition) is 2. The molecule has 1 aliphatic carbocycles. The molecule has 0 spiro atoms. The predicted octanol–water partition coefficient (Wildman–Crippen LogP) is 4.54. The summed E-state index contributed by atoms with van der Waals surface area (Å²) in [6.07, 6.45) is 3.50. The van der Waals surface area contributed by atoms with Gasteiger partial charge in [-0.2, -0.15) is 0 Å². The second-order valence-corrected chi connectivity index (χ2v) is 9.41. The first-order chi connectivity index (χ1) is 16.8. The van der Waals surface area contributed by atoms with E-state index in [9.17, 15) is 13.2 Å². The SMILES string of the molecule is Cc1nc2ccc(-c3ccn4[nH]c(N)nc(=S)c34)nc2n1CC(F)F.F[C@@H]1CCN(C2CCC2)C1. The summed E-state index contributed by atoms with van der Waals surface area (Å²) in [5, 5.41) is 2.87. The Kier molecular flexibility index (Phi) is 6.49. The molecule has 186 valence electrons. The maximum atomic E-state index is 12.9. The van der Waals surface area contributed by atoms with Crippen LogP contribution in [0, 0.1) is 11.6 Å². The normalized spacial score (nSPS) is 18.8. The van der Waals surface area contributed by atoms with Crippen LogP contribution < -0.4 is 5.73 Å². The highest BCUT2D eigenvalue weighted by atomic mass is 32.1. The second-order valence-electron chi connectivity index (χ2n) is 9.03. The molecule has 35 heavy (non-hydrogen) atoms. The number of nitrogens with zero attached hydrogens (tertiary/aromatic N) is 6. The van der Waals surface area contributed by atoms with Gasteiger partial charge in [0, 0.05) is 30.9 Å². The minimum Gasteiger partial charge on any atom is -0.368 e. The van der Waals surface area contributed by atoms with Crippen molar-refractivity contribution >= 4 is 34.8 Å². The van der Waals surface area contributed by atoms with Crippen molar-refractivity contribution in [1.29, 1.82) is 0 Å². The van der Waals surface area contributed by atoms with Crippen LogP contribution in [-0.4, -0.2) is 65.8 Å². The topological polar surface area (TPSA) is 93.1 Å². The first kappa shape index (κ1) is 23.7. The van der Waals surface area contributed by atoms with Crippen molar-refractivity contribution in [3.8, 4) is 11.3 Å². The van der Waals surface area contributed by atoms with E-state index in [-0.39, 0.29) is 5.95 Å². The average molecular weight is 505 g/mol. The fourth-order valence-corrected chi connectivity index (χ4v) is 5.02. The number of nitrogens with two attached hydrogens (primary N) is 1. The van der Waals surface area contributed by atoms with Crippen molar-refractivity contribution in [3.63, 3.8) is 0 Å². The van der Waals surface area contributed by atoms with Gasteiger partial charge >= 0.3 is 0 Å². The molecule has 6 rings (SSSR count). The third-order valence-corrected chi connectivity index (χ3v) is 6.96. The highest BCUT2D eigenvalue weighted by molar-refractivity contribution is 7.71. The largest absolute Gasteiger partial charge is 0.368 e.